The lowest BCUT2D eigenvalue weighted by Gasteiger charge is -2.14. The van der Waals surface area contributed by atoms with Gasteiger partial charge in [-0.2, -0.15) is 0 Å². The van der Waals surface area contributed by atoms with Crippen molar-refractivity contribution in [2.45, 2.75) is 13.8 Å². The molecule has 2 N–H and O–H groups in total. The van der Waals surface area contributed by atoms with Gasteiger partial charge in [-0.3, -0.25) is 9.59 Å². The molecule has 0 saturated heterocycles. The van der Waals surface area contributed by atoms with E-state index in [0.717, 1.165) is 55.2 Å². The number of rotatable bonds is 9. The normalized spacial score (nSPS) is 10.9. The van der Waals surface area contributed by atoms with Crippen molar-refractivity contribution < 1.29 is 19.1 Å². The molecule has 6 nitrogen and oxygen atoms in total. The molecule has 0 bridgehead atoms. The number of nitrogens with one attached hydrogen (secondary N) is 2. The molecule has 0 aromatic heterocycles. The van der Waals surface area contributed by atoms with E-state index in [1.54, 1.807) is 0 Å². The molecule has 0 aliphatic rings. The van der Waals surface area contributed by atoms with Gasteiger partial charge >= 0.3 is 0 Å². The Morgan fingerprint density at radius 1 is 0.523 bits per heavy atom. The smallest absolute Gasteiger partial charge is 0.262 e. The molecule has 0 unspecified atom stereocenters. The first-order valence-corrected chi connectivity index (χ1v) is 14.5. The molecule has 0 aliphatic heterocycles. The van der Waals surface area contributed by atoms with Crippen molar-refractivity contribution in [3.05, 3.63) is 132 Å². The van der Waals surface area contributed by atoms with E-state index in [9.17, 15) is 9.59 Å². The van der Waals surface area contributed by atoms with Crippen LogP contribution in [0.15, 0.2) is 121 Å². The molecule has 6 aromatic carbocycles. The number of carbonyl (C=O) groups is 2. The fraction of sp³-hybridized carbons (Fsp3) is 0.105. The van der Waals surface area contributed by atoms with Gasteiger partial charge in [-0.15, -0.1) is 0 Å². The second-order valence-corrected chi connectivity index (χ2v) is 10.7. The van der Waals surface area contributed by atoms with E-state index in [1.165, 1.54) is 0 Å². The average molecular weight is 581 g/mol. The summed E-state index contributed by atoms with van der Waals surface area (Å²) in [5, 5.41) is 9.99. The average Bonchev–Trinajstić information content (AvgIpc) is 3.04. The molecule has 218 valence electrons. The predicted octanol–water partition coefficient (Wildman–Crippen LogP) is 8.31. The van der Waals surface area contributed by atoms with Crippen LogP contribution in [0.25, 0.3) is 32.7 Å². The summed E-state index contributed by atoms with van der Waals surface area (Å²) in [6.45, 7) is 3.74. The van der Waals surface area contributed by atoms with Gasteiger partial charge in [0, 0.05) is 22.1 Å². The third-order valence-corrected chi connectivity index (χ3v) is 7.55. The summed E-state index contributed by atoms with van der Waals surface area (Å²) >= 11 is 0. The molecule has 6 aromatic rings. The standard InChI is InChI=1S/C38H32N2O4/c1-25-21-29(17-19-33(25)39-37(41)23-43-35-15-7-11-27-9-3-5-13-31(27)35)30-18-20-34(26(2)22-30)40-38(42)24-44-36-16-8-12-28-10-4-6-14-32(28)36/h3-22H,23-24H2,1-2H3,(H,39,41)(H,40,42). The van der Waals surface area contributed by atoms with Crippen LogP contribution in [0.4, 0.5) is 11.4 Å². The van der Waals surface area contributed by atoms with E-state index in [0.29, 0.717) is 11.5 Å². The van der Waals surface area contributed by atoms with Gasteiger partial charge in [0.25, 0.3) is 11.8 Å². The molecule has 0 saturated carbocycles. The fourth-order valence-electron chi connectivity index (χ4n) is 5.27. The first kappa shape index (κ1) is 28.5. The van der Waals surface area contributed by atoms with Crippen molar-refractivity contribution in [2.75, 3.05) is 23.8 Å². The number of benzene rings is 6. The molecule has 0 fully saturated rings. The minimum absolute atomic E-state index is 0.0887. The zero-order chi connectivity index (χ0) is 30.5. The maximum atomic E-state index is 12.7. The number of aryl methyl sites for hydroxylation is 2. The third kappa shape index (κ3) is 6.40. The SMILES string of the molecule is Cc1cc(-c2ccc(NC(=O)COc3cccc4ccccc34)c(C)c2)ccc1NC(=O)COc1cccc2ccccc12. The largest absolute Gasteiger partial charge is 0.483 e. The summed E-state index contributed by atoms with van der Waals surface area (Å²) in [4.78, 5) is 25.4. The highest BCUT2D eigenvalue weighted by Gasteiger charge is 2.12. The zero-order valence-electron chi connectivity index (χ0n) is 24.6. The van der Waals surface area contributed by atoms with Crippen molar-refractivity contribution in [2.24, 2.45) is 0 Å². The minimum Gasteiger partial charge on any atom is -0.483 e. The van der Waals surface area contributed by atoms with E-state index >= 15 is 0 Å². The molecular weight excluding hydrogens is 548 g/mol. The Bertz CT molecular complexity index is 1840. The van der Waals surface area contributed by atoms with Crippen molar-refractivity contribution in [3.63, 3.8) is 0 Å². The molecular formula is C38H32N2O4. The summed E-state index contributed by atoms with van der Waals surface area (Å²) in [6.07, 6.45) is 0. The molecule has 0 atom stereocenters. The van der Waals surface area contributed by atoms with Crippen molar-refractivity contribution >= 4 is 44.7 Å². The maximum Gasteiger partial charge on any atom is 0.262 e. The third-order valence-electron chi connectivity index (χ3n) is 7.55. The molecule has 6 rings (SSSR count). The van der Waals surface area contributed by atoms with Crippen LogP contribution in [-0.2, 0) is 9.59 Å². The lowest BCUT2D eigenvalue weighted by Crippen LogP contribution is -2.20. The number of fused-ring (bicyclic) bond motifs is 2. The van der Waals surface area contributed by atoms with Crippen LogP contribution in [0.1, 0.15) is 11.1 Å². The van der Waals surface area contributed by atoms with Crippen LogP contribution in [0, 0.1) is 13.8 Å². The molecule has 0 aliphatic carbocycles. The number of anilines is 2. The minimum atomic E-state index is -0.228. The highest BCUT2D eigenvalue weighted by molar-refractivity contribution is 5.95. The van der Waals surface area contributed by atoms with Crippen molar-refractivity contribution in [1.82, 2.24) is 0 Å². The van der Waals surface area contributed by atoms with E-state index < -0.39 is 0 Å². The van der Waals surface area contributed by atoms with Crippen LogP contribution in [0.5, 0.6) is 11.5 Å². The van der Waals surface area contributed by atoms with Gasteiger partial charge in [-0.05, 0) is 83.3 Å². The summed E-state index contributed by atoms with van der Waals surface area (Å²) in [6, 6.07) is 39.3. The monoisotopic (exact) mass is 580 g/mol. The van der Waals surface area contributed by atoms with E-state index in [4.69, 9.17) is 9.47 Å². The first-order chi connectivity index (χ1) is 21.4. The molecule has 6 heteroatoms. The molecule has 0 heterocycles. The van der Waals surface area contributed by atoms with Gasteiger partial charge in [0.2, 0.25) is 0 Å². The Morgan fingerprint density at radius 3 is 1.36 bits per heavy atom. The first-order valence-electron chi connectivity index (χ1n) is 14.5. The van der Waals surface area contributed by atoms with Crippen LogP contribution in [0.3, 0.4) is 0 Å². The summed E-state index contributed by atoms with van der Waals surface area (Å²) < 4.78 is 11.7. The molecule has 2 amide bonds. The van der Waals surface area contributed by atoms with Gasteiger partial charge in [0.1, 0.15) is 11.5 Å². The van der Waals surface area contributed by atoms with Crippen LogP contribution in [-0.4, -0.2) is 25.0 Å². The Kier molecular flexibility index (Phi) is 8.23. The lowest BCUT2D eigenvalue weighted by atomic mass is 10.00. The second-order valence-electron chi connectivity index (χ2n) is 10.7. The summed E-state index contributed by atoms with van der Waals surface area (Å²) in [5.41, 5.74) is 5.34. The molecule has 44 heavy (non-hydrogen) atoms. The number of amides is 2. The van der Waals surface area contributed by atoms with E-state index in [1.807, 2.05) is 135 Å². The number of carbonyl (C=O) groups excluding carboxylic acids is 2. The van der Waals surface area contributed by atoms with E-state index in [-0.39, 0.29) is 25.0 Å². The zero-order valence-corrected chi connectivity index (χ0v) is 24.6. The Labute approximate surface area is 256 Å². The van der Waals surface area contributed by atoms with Crippen LogP contribution in [0.2, 0.25) is 0 Å². The summed E-state index contributed by atoms with van der Waals surface area (Å²) in [7, 11) is 0. The van der Waals surface area contributed by atoms with Gasteiger partial charge in [-0.25, -0.2) is 0 Å². The predicted molar refractivity (Wildman–Crippen MR) is 177 cm³/mol. The van der Waals surface area contributed by atoms with Crippen molar-refractivity contribution in [1.29, 1.82) is 0 Å². The maximum absolute atomic E-state index is 12.7. The van der Waals surface area contributed by atoms with Crippen LogP contribution < -0.4 is 20.1 Å². The number of hydrogen-bond donors (Lipinski definition) is 2. The Balaban J connectivity index is 1.06. The van der Waals surface area contributed by atoms with E-state index in [2.05, 4.69) is 10.6 Å². The quantitative estimate of drug-likeness (QED) is 0.180. The highest BCUT2D eigenvalue weighted by Crippen LogP contribution is 2.29. The number of hydrogen-bond acceptors (Lipinski definition) is 4. The fourth-order valence-corrected chi connectivity index (χ4v) is 5.27. The van der Waals surface area contributed by atoms with Gasteiger partial charge < -0.3 is 20.1 Å². The summed E-state index contributed by atoms with van der Waals surface area (Å²) in [5.74, 6) is 0.902. The molecule has 0 spiro atoms. The highest BCUT2D eigenvalue weighted by atomic mass is 16.5. The van der Waals surface area contributed by atoms with Gasteiger partial charge in [0.05, 0.1) is 0 Å². The van der Waals surface area contributed by atoms with Gasteiger partial charge in [-0.1, -0.05) is 84.9 Å². The molecule has 0 radical (unpaired) electrons. The Hall–Kier alpha value is -5.62. The second kappa shape index (κ2) is 12.7. The lowest BCUT2D eigenvalue weighted by molar-refractivity contribution is -0.118. The topological polar surface area (TPSA) is 76.7 Å². The Morgan fingerprint density at radius 2 is 0.932 bits per heavy atom. The van der Waals surface area contributed by atoms with Crippen molar-refractivity contribution in [3.8, 4) is 22.6 Å². The van der Waals surface area contributed by atoms with Gasteiger partial charge in [0.15, 0.2) is 13.2 Å². The number of ether oxygens (including phenoxy) is 2. The van der Waals surface area contributed by atoms with Crippen LogP contribution >= 0.6 is 0 Å².